The van der Waals surface area contributed by atoms with Crippen molar-refractivity contribution in [2.75, 3.05) is 19.8 Å². The summed E-state index contributed by atoms with van der Waals surface area (Å²) >= 11 is 0. The summed E-state index contributed by atoms with van der Waals surface area (Å²) in [4.78, 5) is 39.7. The number of hydrogen-bond acceptors (Lipinski definition) is 6. The second-order valence-corrected chi connectivity index (χ2v) is 11.2. The normalized spacial score (nSPS) is 20.0. The zero-order chi connectivity index (χ0) is 31.0. The van der Waals surface area contributed by atoms with Crippen LogP contribution in [0.1, 0.15) is 36.0 Å². The Kier molecular flexibility index (Phi) is 13.2. The Hall–Kier alpha value is -4.27. The van der Waals surface area contributed by atoms with Gasteiger partial charge < -0.3 is 25.2 Å². The quantitative estimate of drug-likeness (QED) is 0.213. The van der Waals surface area contributed by atoms with Gasteiger partial charge in [-0.15, -0.1) is 0 Å². The van der Waals surface area contributed by atoms with Gasteiger partial charge in [0, 0.05) is 6.42 Å². The van der Waals surface area contributed by atoms with Crippen LogP contribution in [-0.4, -0.2) is 54.8 Å². The van der Waals surface area contributed by atoms with Gasteiger partial charge in [0.05, 0.1) is 43.7 Å². The van der Waals surface area contributed by atoms with E-state index in [0.29, 0.717) is 32.3 Å². The SMILES string of the molecule is O=C(CC1CC=CCC(Cc2ccccc2)C(=O)OCC(COCc2ccccc2)NC1=O)NC(CO)Cc1ccccc1. The van der Waals surface area contributed by atoms with Gasteiger partial charge in [-0.3, -0.25) is 14.4 Å². The highest BCUT2D eigenvalue weighted by molar-refractivity contribution is 5.86. The van der Waals surface area contributed by atoms with E-state index in [1.54, 1.807) is 0 Å². The lowest BCUT2D eigenvalue weighted by atomic mass is 9.94. The first-order valence-electron chi connectivity index (χ1n) is 15.2. The van der Waals surface area contributed by atoms with E-state index in [-0.39, 0.29) is 49.9 Å². The molecule has 3 aromatic rings. The monoisotopic (exact) mass is 598 g/mol. The van der Waals surface area contributed by atoms with Crippen molar-refractivity contribution in [1.82, 2.24) is 10.6 Å². The van der Waals surface area contributed by atoms with E-state index in [1.165, 1.54) is 0 Å². The van der Waals surface area contributed by atoms with Crippen LogP contribution in [0.4, 0.5) is 0 Å². The zero-order valence-electron chi connectivity index (χ0n) is 25.0. The molecule has 44 heavy (non-hydrogen) atoms. The lowest BCUT2D eigenvalue weighted by Gasteiger charge is -2.25. The van der Waals surface area contributed by atoms with Crippen molar-refractivity contribution in [3.05, 3.63) is 120 Å². The van der Waals surface area contributed by atoms with Crippen molar-refractivity contribution in [3.63, 3.8) is 0 Å². The summed E-state index contributed by atoms with van der Waals surface area (Å²) in [7, 11) is 0. The number of rotatable bonds is 12. The number of carbonyl (C=O) groups excluding carboxylic acids is 3. The van der Waals surface area contributed by atoms with Crippen molar-refractivity contribution in [1.29, 1.82) is 0 Å². The first kappa shape index (κ1) is 32.6. The molecule has 3 N–H and O–H groups in total. The van der Waals surface area contributed by atoms with E-state index >= 15 is 0 Å². The average molecular weight is 599 g/mol. The number of carbonyl (C=O) groups is 3. The zero-order valence-corrected chi connectivity index (χ0v) is 25.0. The third-order valence-corrected chi connectivity index (χ3v) is 7.58. The van der Waals surface area contributed by atoms with Crippen molar-refractivity contribution in [2.24, 2.45) is 11.8 Å². The minimum Gasteiger partial charge on any atom is -0.463 e. The molecule has 1 aliphatic heterocycles. The van der Waals surface area contributed by atoms with Crippen LogP contribution in [0.15, 0.2) is 103 Å². The van der Waals surface area contributed by atoms with Crippen LogP contribution in [-0.2, 0) is 43.3 Å². The number of hydrogen-bond donors (Lipinski definition) is 3. The second-order valence-electron chi connectivity index (χ2n) is 11.2. The molecular weight excluding hydrogens is 556 g/mol. The Labute approximate surface area is 259 Å². The number of aliphatic hydroxyl groups is 1. The molecule has 0 bridgehead atoms. The van der Waals surface area contributed by atoms with Crippen LogP contribution in [0.2, 0.25) is 0 Å². The van der Waals surface area contributed by atoms with E-state index < -0.39 is 18.0 Å². The first-order valence-corrected chi connectivity index (χ1v) is 15.2. The van der Waals surface area contributed by atoms with Crippen molar-refractivity contribution >= 4 is 17.8 Å². The molecule has 0 spiro atoms. The summed E-state index contributed by atoms with van der Waals surface area (Å²) in [6.07, 6.45) is 5.49. The Bertz CT molecular complexity index is 1330. The van der Waals surface area contributed by atoms with Crippen molar-refractivity contribution < 1.29 is 29.0 Å². The lowest BCUT2D eigenvalue weighted by Crippen LogP contribution is -2.46. The average Bonchev–Trinajstić information content (AvgIpc) is 3.04. The second kappa shape index (κ2) is 17.8. The Morgan fingerprint density at radius 2 is 1.45 bits per heavy atom. The van der Waals surface area contributed by atoms with E-state index in [9.17, 15) is 19.5 Å². The molecule has 1 aliphatic rings. The Morgan fingerprint density at radius 3 is 2.09 bits per heavy atom. The maximum atomic E-state index is 13.5. The number of amides is 2. The summed E-state index contributed by atoms with van der Waals surface area (Å²) in [5, 5.41) is 15.7. The van der Waals surface area contributed by atoms with Gasteiger partial charge in [0.2, 0.25) is 11.8 Å². The van der Waals surface area contributed by atoms with Crippen LogP contribution in [0.25, 0.3) is 0 Å². The van der Waals surface area contributed by atoms with E-state index in [1.807, 2.05) is 103 Å². The topological polar surface area (TPSA) is 114 Å². The van der Waals surface area contributed by atoms with Gasteiger partial charge in [-0.05, 0) is 42.4 Å². The Morgan fingerprint density at radius 1 is 0.864 bits per heavy atom. The Balaban J connectivity index is 1.44. The van der Waals surface area contributed by atoms with Crippen LogP contribution in [0, 0.1) is 11.8 Å². The molecule has 2 amide bonds. The predicted molar refractivity (Wildman–Crippen MR) is 168 cm³/mol. The van der Waals surface area contributed by atoms with Crippen LogP contribution in [0.5, 0.6) is 0 Å². The molecule has 0 aliphatic carbocycles. The molecule has 232 valence electrons. The predicted octanol–water partition coefficient (Wildman–Crippen LogP) is 4.17. The summed E-state index contributed by atoms with van der Waals surface area (Å²) in [5.41, 5.74) is 3.02. The molecule has 4 unspecified atom stereocenters. The van der Waals surface area contributed by atoms with Gasteiger partial charge in [-0.2, -0.15) is 0 Å². The summed E-state index contributed by atoms with van der Waals surface area (Å²) in [6, 6.07) is 28.0. The van der Waals surface area contributed by atoms with Crippen molar-refractivity contribution in [3.8, 4) is 0 Å². The summed E-state index contributed by atoms with van der Waals surface area (Å²) in [5.74, 6) is -2.00. The lowest BCUT2D eigenvalue weighted by molar-refractivity contribution is -0.150. The molecule has 0 fully saturated rings. The van der Waals surface area contributed by atoms with Gasteiger partial charge in [0.25, 0.3) is 0 Å². The largest absolute Gasteiger partial charge is 0.463 e. The fraction of sp³-hybridized carbons (Fsp3) is 0.361. The van der Waals surface area contributed by atoms with E-state index in [2.05, 4.69) is 10.6 Å². The molecule has 8 heteroatoms. The van der Waals surface area contributed by atoms with Crippen molar-refractivity contribution in [2.45, 2.75) is 50.8 Å². The molecule has 1 heterocycles. The minimum absolute atomic E-state index is 0.0447. The molecule has 4 atom stereocenters. The number of esters is 1. The molecule has 0 radical (unpaired) electrons. The van der Waals surface area contributed by atoms with Gasteiger partial charge in [0.1, 0.15) is 6.61 Å². The molecular formula is C36H42N2O6. The number of cyclic esters (lactones) is 1. The highest BCUT2D eigenvalue weighted by Crippen LogP contribution is 2.18. The molecule has 0 saturated heterocycles. The van der Waals surface area contributed by atoms with Gasteiger partial charge in [-0.1, -0.05) is 103 Å². The highest BCUT2D eigenvalue weighted by atomic mass is 16.5. The minimum atomic E-state index is -0.651. The maximum absolute atomic E-state index is 13.5. The van der Waals surface area contributed by atoms with Crippen LogP contribution in [0.3, 0.4) is 0 Å². The first-order chi connectivity index (χ1) is 21.5. The van der Waals surface area contributed by atoms with E-state index in [4.69, 9.17) is 9.47 Å². The fourth-order valence-corrected chi connectivity index (χ4v) is 5.18. The number of aliphatic hydroxyl groups excluding tert-OH is 1. The fourth-order valence-electron chi connectivity index (χ4n) is 5.18. The highest BCUT2D eigenvalue weighted by Gasteiger charge is 2.27. The van der Waals surface area contributed by atoms with Crippen LogP contribution >= 0.6 is 0 Å². The third kappa shape index (κ3) is 11.1. The van der Waals surface area contributed by atoms with Gasteiger partial charge in [-0.25, -0.2) is 0 Å². The maximum Gasteiger partial charge on any atom is 0.309 e. The van der Waals surface area contributed by atoms with E-state index in [0.717, 1.165) is 16.7 Å². The number of nitrogens with one attached hydrogen (secondary N) is 2. The molecule has 3 aromatic carbocycles. The summed E-state index contributed by atoms with van der Waals surface area (Å²) < 4.78 is 11.6. The number of benzene rings is 3. The molecule has 4 rings (SSSR count). The standard InChI is InChI=1S/C36H42N2O6/c39-23-32(21-28-14-6-2-7-15-28)37-34(40)22-30-18-10-11-19-31(20-27-12-4-1-5-13-27)36(42)44-26-33(38-35(30)41)25-43-24-29-16-8-3-9-17-29/h1-17,30-33,39H,18-26H2,(H,37,40)(H,38,41). The van der Waals surface area contributed by atoms with Crippen LogP contribution < -0.4 is 10.6 Å². The third-order valence-electron chi connectivity index (χ3n) is 7.58. The summed E-state index contributed by atoms with van der Waals surface area (Å²) in [6.45, 7) is 0.218. The number of allylic oxidation sites excluding steroid dienone is 2. The molecule has 0 saturated carbocycles. The molecule has 0 aromatic heterocycles. The smallest absolute Gasteiger partial charge is 0.309 e. The number of ether oxygens (including phenoxy) is 2. The van der Waals surface area contributed by atoms with Gasteiger partial charge in [0.15, 0.2) is 0 Å². The van der Waals surface area contributed by atoms with Gasteiger partial charge >= 0.3 is 5.97 Å². The molecule has 8 nitrogen and oxygen atoms in total.